The normalized spacial score (nSPS) is 19.0. The fourth-order valence-electron chi connectivity index (χ4n) is 3.59. The smallest absolute Gasteiger partial charge is 0.271 e. The van der Waals surface area contributed by atoms with Crippen LogP contribution in [0.2, 0.25) is 0 Å². The molecule has 2 heterocycles. The second-order valence-corrected chi connectivity index (χ2v) is 9.09. The lowest BCUT2D eigenvalue weighted by atomic mass is 10.1. The zero-order valence-corrected chi connectivity index (χ0v) is 19.6. The fraction of sp³-hybridized carbons (Fsp3) is 0.650. The quantitative estimate of drug-likeness (QED) is 0.158. The van der Waals surface area contributed by atoms with Crippen LogP contribution in [0.15, 0.2) is 5.38 Å². The van der Waals surface area contributed by atoms with E-state index in [4.69, 9.17) is 16.9 Å². The molecule has 1 aliphatic heterocycles. The summed E-state index contributed by atoms with van der Waals surface area (Å²) in [6, 6.07) is -1.07. The van der Waals surface area contributed by atoms with Crippen LogP contribution >= 0.6 is 11.3 Å². The fourth-order valence-corrected chi connectivity index (χ4v) is 4.52. The van der Waals surface area contributed by atoms with Crippen molar-refractivity contribution in [3.05, 3.63) is 16.1 Å². The highest BCUT2D eigenvalue weighted by Crippen LogP contribution is 2.34. The molecule has 3 atom stereocenters. The number of nitrogens with one attached hydrogen (secondary N) is 4. The number of nitrogens with zero attached hydrogens (tertiary/aromatic N) is 2. The number of guanidine groups is 1. The third kappa shape index (κ3) is 6.89. The number of likely N-dealkylation sites (N-methyl/N-ethyl adjacent to an activating group) is 1. The summed E-state index contributed by atoms with van der Waals surface area (Å²) in [4.78, 5) is 43.7. The highest BCUT2D eigenvalue weighted by Gasteiger charge is 2.37. The molecule has 0 aromatic carbocycles. The highest BCUT2D eigenvalue weighted by atomic mass is 32.1. The molecule has 2 rings (SSSR count). The summed E-state index contributed by atoms with van der Waals surface area (Å²) in [6.07, 6.45) is 2.40. The lowest BCUT2D eigenvalue weighted by molar-refractivity contribution is -0.135. The van der Waals surface area contributed by atoms with Crippen molar-refractivity contribution < 1.29 is 14.4 Å². The zero-order chi connectivity index (χ0) is 23.8. The molecule has 1 aromatic rings. The number of unbranched alkanes of at least 4 members (excludes halogenated alkanes) is 1. The molecule has 11 nitrogen and oxygen atoms in total. The maximum atomic E-state index is 12.8. The van der Waals surface area contributed by atoms with Crippen LogP contribution in [0.4, 0.5) is 0 Å². The van der Waals surface area contributed by atoms with E-state index in [2.05, 4.69) is 20.9 Å². The van der Waals surface area contributed by atoms with E-state index < -0.39 is 11.9 Å². The number of hydrogen-bond donors (Lipinski definition) is 6. The van der Waals surface area contributed by atoms with Crippen molar-refractivity contribution in [1.82, 2.24) is 25.8 Å². The molecule has 0 radical (unpaired) electrons. The Bertz CT molecular complexity index is 828. The number of hydrogen-bond acceptors (Lipinski definition) is 7. The van der Waals surface area contributed by atoms with Gasteiger partial charge in [-0.2, -0.15) is 0 Å². The molecule has 3 amide bonds. The Morgan fingerprint density at radius 3 is 2.69 bits per heavy atom. The van der Waals surface area contributed by atoms with E-state index in [9.17, 15) is 14.4 Å². The molecule has 1 aliphatic rings. The third-order valence-electron chi connectivity index (χ3n) is 5.25. The third-order valence-corrected chi connectivity index (χ3v) is 6.20. The molecule has 1 aromatic heterocycles. The first-order valence-electron chi connectivity index (χ1n) is 10.8. The first-order chi connectivity index (χ1) is 15.1. The molecule has 0 bridgehead atoms. The van der Waals surface area contributed by atoms with Gasteiger partial charge in [-0.25, -0.2) is 4.98 Å². The Kier molecular flexibility index (Phi) is 9.39. The average Bonchev–Trinajstić information content (AvgIpc) is 3.37. The first kappa shape index (κ1) is 25.5. The van der Waals surface area contributed by atoms with Crippen molar-refractivity contribution in [3.63, 3.8) is 0 Å². The summed E-state index contributed by atoms with van der Waals surface area (Å²) in [5, 5.41) is 17.5. The summed E-state index contributed by atoms with van der Waals surface area (Å²) in [5.41, 5.74) is 11.6. The van der Waals surface area contributed by atoms with Crippen LogP contribution in [-0.4, -0.2) is 65.8 Å². The van der Waals surface area contributed by atoms with Gasteiger partial charge in [0.25, 0.3) is 5.91 Å². The number of amides is 3. The monoisotopic (exact) mass is 466 g/mol. The van der Waals surface area contributed by atoms with Gasteiger partial charge in [0.1, 0.15) is 16.7 Å². The van der Waals surface area contributed by atoms with E-state index in [0.717, 1.165) is 0 Å². The second-order valence-electron chi connectivity index (χ2n) is 8.20. The standard InChI is InChI=1S/C20H34N8O3S/c1-11(2)19(31)28-9-12(21)8-15(28)18-27-14(10-32-18)17(30)26-13(16(29)24-3)6-4-5-7-25-20(22)23/h10-13,15H,4-9,21H2,1-3H3,(H,24,29)(H,26,30)(H4,22,23,25)/t12-,13+,15+/m1/s1. The van der Waals surface area contributed by atoms with Crippen molar-refractivity contribution >= 4 is 35.0 Å². The van der Waals surface area contributed by atoms with Gasteiger partial charge >= 0.3 is 0 Å². The summed E-state index contributed by atoms with van der Waals surface area (Å²) in [5.74, 6) is -0.958. The van der Waals surface area contributed by atoms with E-state index in [1.165, 1.54) is 18.4 Å². The molecular weight excluding hydrogens is 432 g/mol. The van der Waals surface area contributed by atoms with Gasteiger partial charge < -0.3 is 32.3 Å². The molecule has 8 N–H and O–H groups in total. The summed E-state index contributed by atoms with van der Waals surface area (Å²) in [7, 11) is 1.52. The van der Waals surface area contributed by atoms with Crippen molar-refractivity contribution in [2.75, 3.05) is 20.1 Å². The Morgan fingerprint density at radius 1 is 1.34 bits per heavy atom. The van der Waals surface area contributed by atoms with Crippen molar-refractivity contribution in [2.45, 2.75) is 57.7 Å². The van der Waals surface area contributed by atoms with Crippen LogP contribution in [0.25, 0.3) is 0 Å². The predicted molar refractivity (Wildman–Crippen MR) is 123 cm³/mol. The molecule has 0 unspecified atom stereocenters. The zero-order valence-electron chi connectivity index (χ0n) is 18.8. The first-order valence-corrected chi connectivity index (χ1v) is 11.6. The van der Waals surface area contributed by atoms with E-state index >= 15 is 0 Å². The number of carbonyl (C=O) groups excluding carboxylic acids is 3. The van der Waals surface area contributed by atoms with E-state index in [0.29, 0.717) is 43.8 Å². The van der Waals surface area contributed by atoms with Gasteiger partial charge in [-0.1, -0.05) is 13.8 Å². The van der Waals surface area contributed by atoms with E-state index in [1.807, 2.05) is 13.8 Å². The number of likely N-dealkylation sites (tertiary alicyclic amines) is 1. The lowest BCUT2D eigenvalue weighted by Crippen LogP contribution is -2.45. The van der Waals surface area contributed by atoms with Gasteiger partial charge in [-0.3, -0.25) is 19.8 Å². The molecule has 1 saturated heterocycles. The molecule has 12 heteroatoms. The molecule has 178 valence electrons. The van der Waals surface area contributed by atoms with Crippen molar-refractivity contribution in [2.24, 2.45) is 17.4 Å². The largest absolute Gasteiger partial charge is 0.370 e. The summed E-state index contributed by atoms with van der Waals surface area (Å²) < 4.78 is 0. The topological polar surface area (TPSA) is 179 Å². The SMILES string of the molecule is CNC(=O)[C@H](CCCCNC(=N)N)NC(=O)c1csc([C@@H]2C[C@@H](N)CN2C(=O)C(C)C)n1. The Morgan fingerprint density at radius 2 is 2.06 bits per heavy atom. The number of thiazole rings is 1. The van der Waals surface area contributed by atoms with E-state index in [-0.39, 0.29) is 41.5 Å². The highest BCUT2D eigenvalue weighted by molar-refractivity contribution is 7.09. The van der Waals surface area contributed by atoms with Crippen LogP contribution < -0.4 is 27.4 Å². The van der Waals surface area contributed by atoms with Gasteiger partial charge in [-0.05, 0) is 25.7 Å². The van der Waals surface area contributed by atoms with Crippen LogP contribution in [0.1, 0.15) is 61.1 Å². The molecule has 0 spiro atoms. The Balaban J connectivity index is 2.02. The van der Waals surface area contributed by atoms with Crippen molar-refractivity contribution in [3.8, 4) is 0 Å². The second kappa shape index (κ2) is 11.8. The van der Waals surface area contributed by atoms with Crippen molar-refractivity contribution in [1.29, 1.82) is 5.41 Å². The molecule has 0 saturated carbocycles. The maximum Gasteiger partial charge on any atom is 0.271 e. The molecule has 0 aliphatic carbocycles. The maximum absolute atomic E-state index is 12.8. The average molecular weight is 467 g/mol. The molecule has 1 fully saturated rings. The Hall–Kier alpha value is -2.73. The van der Waals surface area contributed by atoms with Crippen LogP contribution in [-0.2, 0) is 9.59 Å². The Labute approximate surface area is 192 Å². The van der Waals surface area contributed by atoms with Crippen LogP contribution in [0, 0.1) is 11.3 Å². The van der Waals surface area contributed by atoms with Gasteiger partial charge in [0.15, 0.2) is 5.96 Å². The van der Waals surface area contributed by atoms with Gasteiger partial charge in [-0.15, -0.1) is 11.3 Å². The predicted octanol–water partition coefficient (Wildman–Crippen LogP) is -0.102. The lowest BCUT2D eigenvalue weighted by Gasteiger charge is -2.24. The van der Waals surface area contributed by atoms with Gasteiger partial charge in [0.2, 0.25) is 11.8 Å². The number of carbonyl (C=O) groups is 3. The molecule has 32 heavy (non-hydrogen) atoms. The minimum absolute atomic E-state index is 0.0168. The van der Waals surface area contributed by atoms with Gasteiger partial charge in [0.05, 0.1) is 6.04 Å². The summed E-state index contributed by atoms with van der Waals surface area (Å²) in [6.45, 7) is 4.69. The van der Waals surface area contributed by atoms with Crippen LogP contribution in [0.3, 0.4) is 0 Å². The minimum atomic E-state index is -0.700. The minimum Gasteiger partial charge on any atom is -0.370 e. The number of nitrogens with two attached hydrogens (primary N) is 2. The summed E-state index contributed by atoms with van der Waals surface area (Å²) >= 11 is 1.32. The number of aromatic nitrogens is 1. The number of rotatable bonds is 10. The van der Waals surface area contributed by atoms with Gasteiger partial charge in [0, 0.05) is 37.5 Å². The van der Waals surface area contributed by atoms with E-state index in [1.54, 1.807) is 10.3 Å². The van der Waals surface area contributed by atoms with Crippen LogP contribution in [0.5, 0.6) is 0 Å². The molecular formula is C20H34N8O3S.